The predicted molar refractivity (Wildman–Crippen MR) is 75.3 cm³/mol. The van der Waals surface area contributed by atoms with E-state index >= 15 is 0 Å². The minimum Gasteiger partial charge on any atom is -0.312 e. The van der Waals surface area contributed by atoms with Gasteiger partial charge in [-0.25, -0.2) is 0 Å². The van der Waals surface area contributed by atoms with Gasteiger partial charge in [-0.2, -0.15) is 0 Å². The zero-order chi connectivity index (χ0) is 12.6. The minimum atomic E-state index is 0.0603. The lowest BCUT2D eigenvalue weighted by Gasteiger charge is -2.17. The van der Waals surface area contributed by atoms with Crippen molar-refractivity contribution in [3.05, 3.63) is 26.7 Å². The number of benzene rings is 1. The number of halogens is 4. The molecule has 1 aromatic rings. The second kappa shape index (κ2) is 5.35. The van der Waals surface area contributed by atoms with Gasteiger partial charge >= 0.3 is 0 Å². The van der Waals surface area contributed by atoms with Crippen LogP contribution in [-0.4, -0.2) is 18.3 Å². The maximum absolute atomic E-state index is 11.8. The number of anilines is 1. The van der Waals surface area contributed by atoms with Crippen LogP contribution in [0, 0.1) is 5.92 Å². The number of amides is 1. The summed E-state index contributed by atoms with van der Waals surface area (Å²) in [6.45, 7) is 0.622. The molecule has 92 valence electrons. The highest BCUT2D eigenvalue weighted by Gasteiger charge is 2.30. The van der Waals surface area contributed by atoms with Crippen LogP contribution in [-0.2, 0) is 4.79 Å². The number of carbonyl (C=O) groups excluding carboxylic acids is 1. The van der Waals surface area contributed by atoms with Crippen LogP contribution in [0.15, 0.2) is 16.6 Å². The molecule has 1 heterocycles. The van der Waals surface area contributed by atoms with Crippen molar-refractivity contribution in [1.29, 1.82) is 0 Å². The molecule has 17 heavy (non-hydrogen) atoms. The molecule has 0 spiro atoms. The van der Waals surface area contributed by atoms with Crippen molar-refractivity contribution in [3.8, 4) is 0 Å². The summed E-state index contributed by atoms with van der Waals surface area (Å²) in [4.78, 5) is 13.5. The Morgan fingerprint density at radius 1 is 1.35 bits per heavy atom. The molecular weight excluding hydrogens is 348 g/mol. The molecule has 1 fully saturated rings. The number of rotatable bonds is 2. The average Bonchev–Trinajstić information content (AvgIpc) is 2.67. The Morgan fingerprint density at radius 3 is 2.41 bits per heavy atom. The Hall–Kier alpha value is 0.0400. The topological polar surface area (TPSA) is 20.3 Å². The standard InChI is InChI=1S/C11H9BrCl3NO/c12-11-8(14)2-7(3-9(11)15)16-5-6(4-13)1-10(16)17/h2-3,6H,1,4-5H2. The van der Waals surface area contributed by atoms with E-state index in [9.17, 15) is 4.79 Å². The first-order valence-electron chi connectivity index (χ1n) is 5.03. The van der Waals surface area contributed by atoms with Gasteiger partial charge in [-0.15, -0.1) is 11.6 Å². The first-order chi connectivity index (χ1) is 8.02. The van der Waals surface area contributed by atoms with E-state index in [4.69, 9.17) is 34.8 Å². The highest BCUT2D eigenvalue weighted by molar-refractivity contribution is 9.10. The molecule has 1 amide bonds. The molecule has 0 aliphatic carbocycles. The molecule has 0 radical (unpaired) electrons. The molecule has 0 N–H and O–H groups in total. The second-order valence-electron chi connectivity index (χ2n) is 3.95. The summed E-state index contributed by atoms with van der Waals surface area (Å²) < 4.78 is 0.644. The number of alkyl halides is 1. The van der Waals surface area contributed by atoms with Crippen LogP contribution >= 0.6 is 50.7 Å². The van der Waals surface area contributed by atoms with Crippen molar-refractivity contribution >= 4 is 62.3 Å². The number of hydrogen-bond acceptors (Lipinski definition) is 1. The average molecular weight is 357 g/mol. The molecule has 1 unspecified atom stereocenters. The van der Waals surface area contributed by atoms with Crippen molar-refractivity contribution < 1.29 is 4.79 Å². The molecule has 2 nitrogen and oxygen atoms in total. The zero-order valence-electron chi connectivity index (χ0n) is 8.72. The van der Waals surface area contributed by atoms with E-state index < -0.39 is 0 Å². The SMILES string of the molecule is O=C1CC(CCl)CN1c1cc(Cl)c(Br)c(Cl)c1. The molecule has 2 rings (SSSR count). The molecule has 1 aliphatic heterocycles. The van der Waals surface area contributed by atoms with Crippen molar-refractivity contribution in [2.45, 2.75) is 6.42 Å². The summed E-state index contributed by atoms with van der Waals surface area (Å²) in [7, 11) is 0. The number of nitrogens with zero attached hydrogens (tertiary/aromatic N) is 1. The van der Waals surface area contributed by atoms with Crippen molar-refractivity contribution in [2.75, 3.05) is 17.3 Å². The lowest BCUT2D eigenvalue weighted by Crippen LogP contribution is -2.24. The van der Waals surface area contributed by atoms with Gasteiger partial charge < -0.3 is 4.90 Å². The van der Waals surface area contributed by atoms with E-state index in [-0.39, 0.29) is 11.8 Å². The first kappa shape index (κ1) is 13.5. The summed E-state index contributed by atoms with van der Waals surface area (Å²) in [6, 6.07) is 3.46. The van der Waals surface area contributed by atoms with Gasteiger partial charge in [0.1, 0.15) is 0 Å². The maximum Gasteiger partial charge on any atom is 0.227 e. The highest BCUT2D eigenvalue weighted by Crippen LogP contribution is 2.36. The summed E-state index contributed by atoms with van der Waals surface area (Å²) in [6.07, 6.45) is 0.481. The van der Waals surface area contributed by atoms with Crippen LogP contribution in [0.4, 0.5) is 5.69 Å². The summed E-state index contributed by atoms with van der Waals surface area (Å²) in [5.41, 5.74) is 0.723. The van der Waals surface area contributed by atoms with Gasteiger partial charge in [-0.3, -0.25) is 4.79 Å². The Morgan fingerprint density at radius 2 is 1.94 bits per heavy atom. The monoisotopic (exact) mass is 355 g/mol. The maximum atomic E-state index is 11.8. The molecule has 6 heteroatoms. The van der Waals surface area contributed by atoms with Crippen molar-refractivity contribution in [2.24, 2.45) is 5.92 Å². The fourth-order valence-electron chi connectivity index (χ4n) is 1.83. The second-order valence-corrected chi connectivity index (χ2v) is 5.87. The Balaban J connectivity index is 2.32. The molecule has 0 aromatic heterocycles. The third-order valence-corrected chi connectivity index (χ3v) is 5.05. The summed E-state index contributed by atoms with van der Waals surface area (Å²) in [5, 5.41) is 0.990. The molecule has 0 bridgehead atoms. The largest absolute Gasteiger partial charge is 0.312 e. The minimum absolute atomic E-state index is 0.0603. The van der Waals surface area contributed by atoms with Crippen molar-refractivity contribution in [3.63, 3.8) is 0 Å². The van der Waals surface area contributed by atoms with Gasteiger partial charge in [-0.1, -0.05) is 23.2 Å². The fraction of sp³-hybridized carbons (Fsp3) is 0.364. The van der Waals surface area contributed by atoms with E-state index in [2.05, 4.69) is 15.9 Å². The number of carbonyl (C=O) groups is 1. The van der Waals surface area contributed by atoms with E-state index in [0.717, 1.165) is 5.69 Å². The Kier molecular flexibility index (Phi) is 4.24. The van der Waals surface area contributed by atoms with Gasteiger partial charge in [-0.05, 0) is 34.0 Å². The summed E-state index contributed by atoms with van der Waals surface area (Å²) >= 11 is 21.1. The van der Waals surface area contributed by atoms with Crippen LogP contribution in [0.25, 0.3) is 0 Å². The normalized spacial score (nSPS) is 20.1. The third-order valence-electron chi connectivity index (χ3n) is 2.70. The van der Waals surface area contributed by atoms with Crippen LogP contribution in [0.2, 0.25) is 10.0 Å². The molecule has 1 atom stereocenters. The quantitative estimate of drug-likeness (QED) is 0.569. The van der Waals surface area contributed by atoms with Crippen LogP contribution < -0.4 is 4.90 Å². The predicted octanol–water partition coefficient (Wildman–Crippen LogP) is 4.35. The van der Waals surface area contributed by atoms with E-state index in [0.29, 0.717) is 33.4 Å². The molecule has 0 saturated carbocycles. The fourth-order valence-corrected chi connectivity index (χ4v) is 2.74. The highest BCUT2D eigenvalue weighted by atomic mass is 79.9. The van der Waals surface area contributed by atoms with Gasteiger partial charge in [0.2, 0.25) is 5.91 Å². The van der Waals surface area contributed by atoms with Gasteiger partial charge in [0.25, 0.3) is 0 Å². The van der Waals surface area contributed by atoms with Crippen LogP contribution in [0.5, 0.6) is 0 Å². The van der Waals surface area contributed by atoms with Gasteiger partial charge in [0, 0.05) is 24.5 Å². The molecular formula is C11H9BrCl3NO. The van der Waals surface area contributed by atoms with Crippen LogP contribution in [0.3, 0.4) is 0 Å². The van der Waals surface area contributed by atoms with Gasteiger partial charge in [0.05, 0.1) is 14.5 Å². The Labute approximate surface area is 123 Å². The molecule has 1 saturated heterocycles. The van der Waals surface area contributed by atoms with Crippen LogP contribution in [0.1, 0.15) is 6.42 Å². The zero-order valence-corrected chi connectivity index (χ0v) is 12.6. The van der Waals surface area contributed by atoms with Gasteiger partial charge in [0.15, 0.2) is 0 Å². The lowest BCUT2D eigenvalue weighted by molar-refractivity contribution is -0.117. The smallest absolute Gasteiger partial charge is 0.227 e. The van der Waals surface area contributed by atoms with Crippen molar-refractivity contribution in [1.82, 2.24) is 0 Å². The Bertz CT molecular complexity index is 443. The number of hydrogen-bond donors (Lipinski definition) is 0. The summed E-state index contributed by atoms with van der Waals surface area (Å²) in [5.74, 6) is 0.746. The van der Waals surface area contributed by atoms with E-state index in [1.54, 1.807) is 17.0 Å². The third kappa shape index (κ3) is 2.73. The molecule has 1 aromatic carbocycles. The molecule has 1 aliphatic rings. The lowest BCUT2D eigenvalue weighted by atomic mass is 10.1. The first-order valence-corrected chi connectivity index (χ1v) is 7.12. The van der Waals surface area contributed by atoms with E-state index in [1.807, 2.05) is 0 Å². The van der Waals surface area contributed by atoms with E-state index in [1.165, 1.54) is 0 Å².